The van der Waals surface area contributed by atoms with Gasteiger partial charge in [0.15, 0.2) is 0 Å². The molecule has 1 aliphatic carbocycles. The van der Waals surface area contributed by atoms with E-state index in [1.807, 2.05) is 36.4 Å². The van der Waals surface area contributed by atoms with Gasteiger partial charge in [0, 0.05) is 10.9 Å². The van der Waals surface area contributed by atoms with E-state index in [2.05, 4.69) is 45.2 Å². The Morgan fingerprint density at radius 3 is 2.48 bits per heavy atom. The Labute approximate surface area is 168 Å². The van der Waals surface area contributed by atoms with E-state index in [9.17, 15) is 4.39 Å². The second kappa shape index (κ2) is 6.36. The molecule has 5 heteroatoms. The van der Waals surface area contributed by atoms with Gasteiger partial charge in [-0.2, -0.15) is 0 Å². The van der Waals surface area contributed by atoms with Gasteiger partial charge in [-0.15, -0.1) is 0 Å². The van der Waals surface area contributed by atoms with Crippen molar-refractivity contribution in [2.75, 3.05) is 0 Å². The molecule has 27 heavy (non-hydrogen) atoms. The van der Waals surface area contributed by atoms with Crippen LogP contribution in [0.4, 0.5) is 4.39 Å². The number of pyridine rings is 1. The number of benzene rings is 2. The summed E-state index contributed by atoms with van der Waals surface area (Å²) in [5.41, 5.74) is 4.19. The number of halogens is 2. The fourth-order valence-electron chi connectivity index (χ4n) is 3.29. The number of nitrogens with zero attached hydrogens (tertiary/aromatic N) is 2. The van der Waals surface area contributed by atoms with E-state index in [0.29, 0.717) is 15.9 Å². The smallest absolute Gasteiger partial charge is 0.144 e. The van der Waals surface area contributed by atoms with Crippen LogP contribution in [0.25, 0.3) is 20.9 Å². The molecule has 4 aromatic rings. The van der Waals surface area contributed by atoms with Crippen molar-refractivity contribution in [1.82, 2.24) is 9.97 Å². The van der Waals surface area contributed by atoms with Gasteiger partial charge >= 0.3 is 0 Å². The lowest BCUT2D eigenvalue weighted by molar-refractivity contribution is 0.630. The lowest BCUT2D eigenvalue weighted by Crippen LogP contribution is -2.12. The van der Waals surface area contributed by atoms with E-state index >= 15 is 0 Å². The van der Waals surface area contributed by atoms with Crippen LogP contribution in [-0.2, 0) is 10.7 Å². The van der Waals surface area contributed by atoms with Crippen molar-refractivity contribution < 1.29 is 4.39 Å². The highest BCUT2D eigenvalue weighted by Crippen LogP contribution is 2.45. The Balaban J connectivity index is 1.57. The highest BCUT2D eigenvalue weighted by molar-refractivity contribution is 9.08. The normalized spacial score (nSPS) is 14.6. The highest BCUT2D eigenvalue weighted by Gasteiger charge is 2.39. The summed E-state index contributed by atoms with van der Waals surface area (Å²) >= 11 is 4.79. The molecular weight excluding hydrogens is 423 g/mol. The minimum atomic E-state index is -0.254. The molecule has 1 aliphatic rings. The third-order valence-corrected chi connectivity index (χ3v) is 6.49. The average Bonchev–Trinajstić information content (AvgIpc) is 3.41. The molecule has 2 aromatic carbocycles. The quantitative estimate of drug-likeness (QED) is 0.279. The van der Waals surface area contributed by atoms with Crippen LogP contribution in [0.3, 0.4) is 0 Å². The van der Waals surface area contributed by atoms with Crippen LogP contribution in [0.5, 0.6) is 0 Å². The van der Waals surface area contributed by atoms with Gasteiger partial charge in [-0.05, 0) is 35.4 Å². The Morgan fingerprint density at radius 1 is 0.963 bits per heavy atom. The molecule has 0 N–H and O–H groups in total. The van der Waals surface area contributed by atoms with Crippen LogP contribution >= 0.6 is 27.3 Å². The molecule has 0 aliphatic heterocycles. The molecule has 0 saturated heterocycles. The SMILES string of the molecule is Fc1cc(CBr)ccc1-c1nc2ccc(C3(c4ccccc4)C=C3)nc2s1. The summed E-state index contributed by atoms with van der Waals surface area (Å²) in [4.78, 5) is 10.3. The van der Waals surface area contributed by atoms with Crippen molar-refractivity contribution in [2.45, 2.75) is 10.7 Å². The van der Waals surface area contributed by atoms with E-state index in [0.717, 1.165) is 21.6 Å². The summed E-state index contributed by atoms with van der Waals surface area (Å²) in [5.74, 6) is -0.254. The van der Waals surface area contributed by atoms with Gasteiger partial charge in [-0.1, -0.05) is 75.8 Å². The van der Waals surface area contributed by atoms with Crippen LogP contribution < -0.4 is 0 Å². The summed E-state index contributed by atoms with van der Waals surface area (Å²) in [5, 5.41) is 1.29. The fraction of sp³-hybridized carbons (Fsp3) is 0.0909. The maximum Gasteiger partial charge on any atom is 0.144 e. The molecule has 0 atom stereocenters. The average molecular weight is 437 g/mol. The second-order valence-corrected chi connectivity index (χ2v) is 8.09. The van der Waals surface area contributed by atoms with Crippen LogP contribution in [0.2, 0.25) is 0 Å². The zero-order valence-corrected chi connectivity index (χ0v) is 16.6. The van der Waals surface area contributed by atoms with E-state index in [1.54, 1.807) is 12.1 Å². The third-order valence-electron chi connectivity index (χ3n) is 4.85. The van der Waals surface area contributed by atoms with Crippen molar-refractivity contribution in [3.8, 4) is 10.6 Å². The molecule has 132 valence electrons. The molecule has 0 bridgehead atoms. The van der Waals surface area contributed by atoms with Crippen molar-refractivity contribution in [1.29, 1.82) is 0 Å². The van der Waals surface area contributed by atoms with Gasteiger partial charge in [0.2, 0.25) is 0 Å². The molecule has 0 fully saturated rings. The lowest BCUT2D eigenvalue weighted by atomic mass is 9.89. The van der Waals surface area contributed by atoms with Crippen LogP contribution in [0.15, 0.2) is 72.8 Å². The highest BCUT2D eigenvalue weighted by atomic mass is 79.9. The minimum Gasteiger partial charge on any atom is -0.239 e. The summed E-state index contributed by atoms with van der Waals surface area (Å²) in [6.07, 6.45) is 4.33. The zero-order chi connectivity index (χ0) is 18.4. The van der Waals surface area contributed by atoms with Crippen LogP contribution in [0, 0.1) is 5.82 Å². The minimum absolute atomic E-state index is 0.220. The topological polar surface area (TPSA) is 25.8 Å². The van der Waals surface area contributed by atoms with Crippen molar-refractivity contribution in [2.24, 2.45) is 0 Å². The fourth-order valence-corrected chi connectivity index (χ4v) is 4.60. The standard InChI is InChI=1S/C22H14BrFN2S/c23-13-14-6-7-16(17(24)12-14)20-25-18-8-9-19(26-21(18)27-20)22(10-11-22)15-4-2-1-3-5-15/h1-12H,13H2. The summed E-state index contributed by atoms with van der Waals surface area (Å²) in [7, 11) is 0. The number of alkyl halides is 1. The van der Waals surface area contributed by atoms with Gasteiger partial charge in [0.05, 0.1) is 11.1 Å². The molecule has 5 rings (SSSR count). The van der Waals surface area contributed by atoms with Crippen LogP contribution in [0.1, 0.15) is 16.8 Å². The monoisotopic (exact) mass is 436 g/mol. The van der Waals surface area contributed by atoms with E-state index in [4.69, 9.17) is 4.98 Å². The van der Waals surface area contributed by atoms with E-state index < -0.39 is 0 Å². The van der Waals surface area contributed by atoms with Crippen LogP contribution in [-0.4, -0.2) is 9.97 Å². The van der Waals surface area contributed by atoms with Crippen molar-refractivity contribution in [3.05, 3.63) is 95.5 Å². The largest absolute Gasteiger partial charge is 0.239 e. The molecule has 0 saturated carbocycles. The Kier molecular flexibility index (Phi) is 3.95. The van der Waals surface area contributed by atoms with Gasteiger partial charge in [0.25, 0.3) is 0 Å². The van der Waals surface area contributed by atoms with E-state index in [-0.39, 0.29) is 11.2 Å². The van der Waals surface area contributed by atoms with Crippen molar-refractivity contribution in [3.63, 3.8) is 0 Å². The molecule has 0 amide bonds. The predicted molar refractivity (Wildman–Crippen MR) is 112 cm³/mol. The molecule has 2 aromatic heterocycles. The number of thiazole rings is 1. The molecule has 0 unspecified atom stereocenters. The maximum atomic E-state index is 14.5. The number of hydrogen-bond acceptors (Lipinski definition) is 3. The molecular formula is C22H14BrFN2S. The molecule has 0 radical (unpaired) electrons. The first-order valence-electron chi connectivity index (χ1n) is 8.58. The summed E-state index contributed by atoms with van der Waals surface area (Å²) < 4.78 is 14.5. The van der Waals surface area contributed by atoms with Gasteiger partial charge in [-0.3, -0.25) is 0 Å². The first-order valence-corrected chi connectivity index (χ1v) is 10.5. The number of allylic oxidation sites excluding steroid dienone is 2. The third kappa shape index (κ3) is 2.82. The summed E-state index contributed by atoms with van der Waals surface area (Å²) in [6, 6.07) is 19.6. The van der Waals surface area contributed by atoms with Gasteiger partial charge in [-0.25, -0.2) is 14.4 Å². The summed E-state index contributed by atoms with van der Waals surface area (Å²) in [6.45, 7) is 0. The number of aromatic nitrogens is 2. The number of rotatable bonds is 4. The first kappa shape index (κ1) is 16.8. The maximum absolute atomic E-state index is 14.5. The zero-order valence-electron chi connectivity index (χ0n) is 14.2. The first-order chi connectivity index (χ1) is 13.2. The lowest BCUT2D eigenvalue weighted by Gasteiger charge is -2.15. The molecule has 0 spiro atoms. The molecule has 2 nitrogen and oxygen atoms in total. The van der Waals surface area contributed by atoms with E-state index in [1.165, 1.54) is 16.9 Å². The Morgan fingerprint density at radius 2 is 1.78 bits per heavy atom. The Bertz CT molecular complexity index is 1180. The van der Waals surface area contributed by atoms with Gasteiger partial charge < -0.3 is 0 Å². The van der Waals surface area contributed by atoms with Crippen molar-refractivity contribution >= 4 is 37.6 Å². The molecule has 2 heterocycles. The number of hydrogen-bond donors (Lipinski definition) is 0. The van der Waals surface area contributed by atoms with Gasteiger partial charge in [0.1, 0.15) is 21.2 Å². The number of fused-ring (bicyclic) bond motifs is 1. The predicted octanol–water partition coefficient (Wildman–Crippen LogP) is 6.25. The second-order valence-electron chi connectivity index (χ2n) is 6.56. The Hall–Kier alpha value is -2.37.